The van der Waals surface area contributed by atoms with Gasteiger partial charge in [-0.25, -0.2) is 18.7 Å². The molecule has 248 valence electrons. The Morgan fingerprint density at radius 2 is 1.91 bits per heavy atom. The third-order valence-corrected chi connectivity index (χ3v) is 11.2. The minimum Gasteiger partial charge on any atom is -0.350 e. The van der Waals surface area contributed by atoms with Crippen molar-refractivity contribution in [2.45, 2.75) is 96.1 Å². The lowest BCUT2D eigenvalue weighted by Crippen LogP contribution is -2.55. The molecule has 2 saturated heterocycles. The lowest BCUT2D eigenvalue weighted by molar-refractivity contribution is -0.135. The lowest BCUT2D eigenvalue weighted by Gasteiger charge is -2.42. The number of hydrogen-bond acceptors (Lipinski definition) is 7. The van der Waals surface area contributed by atoms with Gasteiger partial charge in [0.1, 0.15) is 24.0 Å². The zero-order valence-corrected chi connectivity index (χ0v) is 27.2. The van der Waals surface area contributed by atoms with Gasteiger partial charge in [0.05, 0.1) is 23.5 Å². The van der Waals surface area contributed by atoms with Crippen LogP contribution in [0.2, 0.25) is 0 Å². The third kappa shape index (κ3) is 5.73. The van der Waals surface area contributed by atoms with Gasteiger partial charge in [-0.1, -0.05) is 12.8 Å². The monoisotopic (exact) mass is 635 g/mol. The smallest absolute Gasteiger partial charge is 0.256 e. The Labute approximate surface area is 270 Å². The first kappa shape index (κ1) is 31.3. The van der Waals surface area contributed by atoms with Crippen LogP contribution in [0, 0.1) is 23.6 Å². The number of piperidine rings is 1. The number of nitrogens with one attached hydrogen (secondary N) is 1. The zero-order valence-electron chi connectivity index (χ0n) is 27.2. The minimum absolute atomic E-state index is 0.0231. The molecule has 2 aliphatic carbocycles. The van der Waals surface area contributed by atoms with Gasteiger partial charge in [-0.05, 0) is 77.0 Å². The Morgan fingerprint density at radius 1 is 1.09 bits per heavy atom. The van der Waals surface area contributed by atoms with Crippen LogP contribution in [0.4, 0.5) is 26.0 Å². The number of rotatable bonds is 8. The summed E-state index contributed by atoms with van der Waals surface area (Å²) in [7, 11) is 0. The van der Waals surface area contributed by atoms with Gasteiger partial charge in [-0.2, -0.15) is 0 Å². The predicted octanol–water partition coefficient (Wildman–Crippen LogP) is 4.94. The van der Waals surface area contributed by atoms with E-state index in [-0.39, 0.29) is 41.8 Å². The molecule has 2 bridgehead atoms. The molecule has 0 spiro atoms. The number of carbonyl (C=O) groups excluding carboxylic acids is 2. The van der Waals surface area contributed by atoms with E-state index in [1.165, 1.54) is 25.0 Å². The number of halogens is 2. The molecule has 6 atom stereocenters. The Bertz CT molecular complexity index is 1450. The van der Waals surface area contributed by atoms with E-state index in [0.29, 0.717) is 49.9 Å². The summed E-state index contributed by atoms with van der Waals surface area (Å²) in [5.74, 6) is 0.740. The predicted molar refractivity (Wildman–Crippen MR) is 173 cm³/mol. The van der Waals surface area contributed by atoms with Crippen molar-refractivity contribution < 1.29 is 18.4 Å². The lowest BCUT2D eigenvalue weighted by atomic mass is 9.88. The van der Waals surface area contributed by atoms with Crippen molar-refractivity contribution >= 4 is 29.0 Å². The van der Waals surface area contributed by atoms with Crippen molar-refractivity contribution in [2.75, 3.05) is 42.5 Å². The topological polar surface area (TPSA) is 84.9 Å². The van der Waals surface area contributed by atoms with Crippen LogP contribution in [0.25, 0.3) is 0 Å². The van der Waals surface area contributed by atoms with Gasteiger partial charge in [0.15, 0.2) is 5.82 Å². The summed E-state index contributed by atoms with van der Waals surface area (Å²) in [6, 6.07) is 4.28. The number of likely N-dealkylation sites (tertiary alicyclic amines) is 1. The number of amides is 2. The molecule has 1 aromatic heterocycles. The number of aromatic nitrogens is 2. The maximum atomic E-state index is 15.4. The summed E-state index contributed by atoms with van der Waals surface area (Å²) in [6.45, 7) is 8.91. The van der Waals surface area contributed by atoms with E-state index in [9.17, 15) is 14.0 Å². The molecule has 4 fully saturated rings. The van der Waals surface area contributed by atoms with Crippen molar-refractivity contribution in [2.24, 2.45) is 17.8 Å². The van der Waals surface area contributed by atoms with Gasteiger partial charge in [0.25, 0.3) is 5.91 Å². The first-order chi connectivity index (χ1) is 22.2. The summed E-state index contributed by atoms with van der Waals surface area (Å²) in [5.41, 5.74) is 1.74. The molecule has 46 heavy (non-hydrogen) atoms. The maximum absolute atomic E-state index is 15.4. The van der Waals surface area contributed by atoms with E-state index in [0.717, 1.165) is 43.6 Å². The second kappa shape index (κ2) is 12.7. The number of benzene rings is 1. The number of nitrogens with zero attached hydrogens (tertiary/aromatic N) is 6. The van der Waals surface area contributed by atoms with Gasteiger partial charge < -0.3 is 24.9 Å². The number of alkyl halides is 1. The highest BCUT2D eigenvalue weighted by Crippen LogP contribution is 2.48. The van der Waals surface area contributed by atoms with E-state index in [1.807, 2.05) is 30.6 Å². The van der Waals surface area contributed by atoms with Crippen molar-refractivity contribution in [3.05, 3.63) is 42.1 Å². The van der Waals surface area contributed by atoms with Crippen LogP contribution in [0.15, 0.2) is 30.7 Å². The molecular weight excluding hydrogens is 588 g/mol. The molecule has 1 N–H and O–H groups in total. The summed E-state index contributed by atoms with van der Waals surface area (Å²) in [4.78, 5) is 44.4. The highest BCUT2D eigenvalue weighted by atomic mass is 19.1. The van der Waals surface area contributed by atoms with Gasteiger partial charge in [0, 0.05) is 62.7 Å². The molecule has 7 rings (SSSR count). The number of carbonyl (C=O) groups is 2. The molecular formula is C35H47F2N7O2. The highest BCUT2D eigenvalue weighted by Gasteiger charge is 2.56. The second-order valence-electron chi connectivity index (χ2n) is 14.3. The summed E-state index contributed by atoms with van der Waals surface area (Å²) >= 11 is 0. The molecule has 1 unspecified atom stereocenters. The van der Waals surface area contributed by atoms with Crippen molar-refractivity contribution in [3.63, 3.8) is 0 Å². The fourth-order valence-electron chi connectivity index (χ4n) is 8.68. The third-order valence-electron chi connectivity index (χ3n) is 11.2. The fourth-order valence-corrected chi connectivity index (χ4v) is 8.68. The van der Waals surface area contributed by atoms with Crippen LogP contribution in [0.1, 0.15) is 76.1 Å². The first-order valence-corrected chi connectivity index (χ1v) is 17.4. The van der Waals surface area contributed by atoms with Crippen LogP contribution in [0.3, 0.4) is 0 Å². The van der Waals surface area contributed by atoms with Crippen molar-refractivity contribution in [1.29, 1.82) is 0 Å². The van der Waals surface area contributed by atoms with Crippen molar-refractivity contribution in [1.82, 2.24) is 25.1 Å². The Morgan fingerprint density at radius 3 is 2.65 bits per heavy atom. The maximum Gasteiger partial charge on any atom is 0.256 e. The van der Waals surface area contributed by atoms with E-state index in [2.05, 4.69) is 15.2 Å². The van der Waals surface area contributed by atoms with Crippen LogP contribution in [-0.2, 0) is 4.79 Å². The average Bonchev–Trinajstić information content (AvgIpc) is 3.76. The van der Waals surface area contributed by atoms with Crippen LogP contribution in [-0.4, -0.2) is 94.6 Å². The molecule has 2 saturated carbocycles. The van der Waals surface area contributed by atoms with E-state index in [4.69, 9.17) is 4.98 Å². The number of fused-ring (bicyclic) bond motifs is 3. The first-order valence-electron chi connectivity index (χ1n) is 17.4. The molecule has 1 aromatic carbocycles. The Hall–Kier alpha value is -3.34. The van der Waals surface area contributed by atoms with E-state index in [1.54, 1.807) is 23.5 Å². The normalized spacial score (nSPS) is 29.2. The molecule has 3 aliphatic heterocycles. The largest absolute Gasteiger partial charge is 0.350 e. The minimum atomic E-state index is -0.875. The molecule has 0 radical (unpaired) electrons. The second-order valence-corrected chi connectivity index (χ2v) is 14.3. The zero-order chi connectivity index (χ0) is 32.1. The van der Waals surface area contributed by atoms with Crippen LogP contribution < -0.4 is 15.1 Å². The SMILES string of the molecule is CCN(C(=O)c1cc(F)ccc1N1CCN([C@H]2CCCN(C(=O)[C@H]3NC4C[C@@H]3[C@H](F)[C@@H]4CC3CC3)CC2)c2ncncc21)C(C)C. The molecule has 5 aliphatic rings. The van der Waals surface area contributed by atoms with Gasteiger partial charge in [-0.15, -0.1) is 0 Å². The number of anilines is 3. The number of hydrogen-bond donors (Lipinski definition) is 1. The van der Waals surface area contributed by atoms with Crippen LogP contribution in [0.5, 0.6) is 0 Å². The Kier molecular flexibility index (Phi) is 8.63. The van der Waals surface area contributed by atoms with E-state index >= 15 is 4.39 Å². The summed E-state index contributed by atoms with van der Waals surface area (Å²) < 4.78 is 30.0. The van der Waals surface area contributed by atoms with Crippen LogP contribution >= 0.6 is 0 Å². The summed E-state index contributed by atoms with van der Waals surface area (Å²) in [5, 5.41) is 3.55. The molecule has 9 nitrogen and oxygen atoms in total. The fraction of sp³-hybridized carbons (Fsp3) is 0.657. The van der Waals surface area contributed by atoms with Gasteiger partial charge in [0.2, 0.25) is 5.91 Å². The van der Waals surface area contributed by atoms with Crippen molar-refractivity contribution in [3.8, 4) is 0 Å². The highest BCUT2D eigenvalue weighted by molar-refractivity contribution is 6.01. The van der Waals surface area contributed by atoms with E-state index < -0.39 is 18.0 Å². The standard InChI is InChI=1S/C35H47F2N7O2/c1-4-42(21(2)3)34(45)26-17-23(36)9-10-29(26)44-15-14-43(33-30(44)19-38-20-39-33)24-6-5-12-41(13-11-24)35(46)32-27-18-28(40-32)25(31(27)37)16-22-7-8-22/h9-10,17,19-22,24-25,27-28,31-32,40H,4-8,11-16,18H2,1-3H3/t24-,25+,27+,28?,31+,32-/m0/s1. The molecule has 11 heteroatoms. The molecule has 2 amide bonds. The summed E-state index contributed by atoms with van der Waals surface area (Å²) in [6.07, 6.45) is 9.20. The molecule has 4 heterocycles. The average molecular weight is 636 g/mol. The quantitative estimate of drug-likeness (QED) is 0.440. The Balaban J connectivity index is 1.06. The van der Waals surface area contributed by atoms with Gasteiger partial charge in [-0.3, -0.25) is 9.59 Å². The molecule has 2 aromatic rings. The van der Waals surface area contributed by atoms with Gasteiger partial charge >= 0.3 is 0 Å².